The number of hydrogen-bond acceptors (Lipinski definition) is 7. The third-order valence-corrected chi connectivity index (χ3v) is 10.7. The molecule has 1 amide bonds. The van der Waals surface area contributed by atoms with E-state index in [1.165, 1.54) is 46.3 Å². The number of rotatable bonds is 7. The van der Waals surface area contributed by atoms with Crippen molar-refractivity contribution in [1.29, 1.82) is 0 Å². The molecule has 234 valence electrons. The number of amides is 1. The number of halogens is 2. The van der Waals surface area contributed by atoms with Crippen LogP contribution in [0.1, 0.15) is 25.3 Å². The average Bonchev–Trinajstić information content (AvgIpc) is 3.87. The van der Waals surface area contributed by atoms with Crippen molar-refractivity contribution in [3.05, 3.63) is 88.9 Å². The number of aryl methyl sites for hydroxylation is 1. The lowest BCUT2D eigenvalue weighted by Crippen LogP contribution is -2.54. The number of carbonyl (C=O) groups excluding carboxylic acids is 1. The first kappa shape index (κ1) is 30.4. The highest BCUT2D eigenvalue weighted by Crippen LogP contribution is 2.38. The van der Waals surface area contributed by atoms with Crippen molar-refractivity contribution in [2.75, 3.05) is 35.9 Å². The van der Waals surface area contributed by atoms with Gasteiger partial charge in [-0.15, -0.1) is 0 Å². The molecular weight excluding hydrogens is 602 g/mol. The van der Waals surface area contributed by atoms with Crippen LogP contribution in [0.15, 0.2) is 66.0 Å². The number of sulfonamides is 1. The van der Waals surface area contributed by atoms with Gasteiger partial charge >= 0.3 is 5.69 Å². The third kappa shape index (κ3) is 5.24. The van der Waals surface area contributed by atoms with Crippen LogP contribution in [0.5, 0.6) is 0 Å². The minimum absolute atomic E-state index is 0.0192. The second kappa shape index (κ2) is 11.4. The zero-order chi connectivity index (χ0) is 32.2. The largest absolute Gasteiger partial charge is 0.355 e. The fourth-order valence-corrected chi connectivity index (χ4v) is 7.49. The van der Waals surface area contributed by atoms with E-state index in [0.717, 1.165) is 0 Å². The van der Waals surface area contributed by atoms with Crippen LogP contribution in [0, 0.1) is 18.6 Å². The molecule has 2 aromatic heterocycles. The van der Waals surface area contributed by atoms with Crippen LogP contribution in [-0.2, 0) is 14.8 Å². The molecule has 1 atom stereocenters. The standard InChI is InChI=1S/C32H32F2N6O4S/c1-5-27(41)38-15-16-39(20(3)18-38)30-23-17-25(34)28(22-10-6-7-11-24(22)33)35-31(23)40(32(42)36-30)29-19(2)9-8-12-26(29)37(4)45(43,44)21-13-14-21/h5-12,17,20-21H,1,13-16,18H2,2-4H3/t20-/m0/s1. The fraction of sp³-hybridized carbons (Fsp3) is 0.312. The molecule has 0 radical (unpaired) electrons. The molecule has 4 aromatic rings. The Kier molecular flexibility index (Phi) is 7.67. The van der Waals surface area contributed by atoms with Crippen LogP contribution in [-0.4, -0.2) is 71.7 Å². The van der Waals surface area contributed by atoms with Gasteiger partial charge in [-0.1, -0.05) is 30.8 Å². The predicted octanol–water partition coefficient (Wildman–Crippen LogP) is 4.19. The van der Waals surface area contributed by atoms with E-state index in [1.807, 2.05) is 11.8 Å². The van der Waals surface area contributed by atoms with Crippen LogP contribution >= 0.6 is 0 Å². The zero-order valence-electron chi connectivity index (χ0n) is 25.1. The maximum absolute atomic E-state index is 15.9. The van der Waals surface area contributed by atoms with E-state index in [4.69, 9.17) is 0 Å². The van der Waals surface area contributed by atoms with Gasteiger partial charge in [0.2, 0.25) is 15.9 Å². The summed E-state index contributed by atoms with van der Waals surface area (Å²) in [6, 6.07) is 11.5. The molecular formula is C32H32F2N6O4S. The first-order valence-electron chi connectivity index (χ1n) is 14.6. The molecule has 1 saturated carbocycles. The molecule has 2 aromatic carbocycles. The van der Waals surface area contributed by atoms with E-state index in [9.17, 15) is 22.4 Å². The molecule has 1 aliphatic heterocycles. The number of piperazine rings is 1. The fourth-order valence-electron chi connectivity index (χ4n) is 5.88. The van der Waals surface area contributed by atoms with Gasteiger partial charge < -0.3 is 9.80 Å². The summed E-state index contributed by atoms with van der Waals surface area (Å²) in [6.45, 7) is 8.06. The van der Waals surface area contributed by atoms with E-state index in [1.54, 1.807) is 36.1 Å². The van der Waals surface area contributed by atoms with Crippen molar-refractivity contribution in [3.63, 3.8) is 0 Å². The molecule has 10 nitrogen and oxygen atoms in total. The summed E-state index contributed by atoms with van der Waals surface area (Å²) < 4.78 is 59.8. The molecule has 45 heavy (non-hydrogen) atoms. The summed E-state index contributed by atoms with van der Waals surface area (Å²) in [4.78, 5) is 38.8. The van der Waals surface area contributed by atoms with Gasteiger partial charge in [0.15, 0.2) is 5.65 Å². The number of nitrogens with zero attached hydrogens (tertiary/aromatic N) is 6. The Labute approximate surface area is 259 Å². The molecule has 0 bridgehead atoms. The lowest BCUT2D eigenvalue weighted by atomic mass is 10.1. The molecule has 0 N–H and O–H groups in total. The number of fused-ring (bicyclic) bond motifs is 1. The predicted molar refractivity (Wildman–Crippen MR) is 169 cm³/mol. The Hall–Kier alpha value is -4.65. The first-order chi connectivity index (χ1) is 21.4. The summed E-state index contributed by atoms with van der Waals surface area (Å²) in [6.07, 6.45) is 2.33. The molecule has 13 heteroatoms. The smallest absolute Gasteiger partial charge is 0.350 e. The van der Waals surface area contributed by atoms with E-state index < -0.39 is 32.6 Å². The normalized spacial score (nSPS) is 17.0. The van der Waals surface area contributed by atoms with Gasteiger partial charge in [-0.25, -0.2) is 31.5 Å². The van der Waals surface area contributed by atoms with E-state index in [0.29, 0.717) is 38.0 Å². The van der Waals surface area contributed by atoms with Crippen molar-refractivity contribution in [2.24, 2.45) is 0 Å². The third-order valence-electron chi connectivity index (χ3n) is 8.42. The SMILES string of the molecule is C=CC(=O)N1CCN(c2nc(=O)n(-c3c(C)cccc3N(C)S(=O)(=O)C3CC3)c3nc(-c4ccccc4F)c(F)cc23)[C@@H](C)C1. The highest BCUT2D eigenvalue weighted by Gasteiger charge is 2.40. The lowest BCUT2D eigenvalue weighted by Gasteiger charge is -2.40. The summed E-state index contributed by atoms with van der Waals surface area (Å²) in [5, 5.41) is -0.345. The molecule has 1 aliphatic carbocycles. The van der Waals surface area contributed by atoms with Crippen molar-refractivity contribution in [1.82, 2.24) is 19.4 Å². The van der Waals surface area contributed by atoms with Crippen LogP contribution < -0.4 is 14.9 Å². The Balaban J connectivity index is 1.63. The Morgan fingerprint density at radius 1 is 1.07 bits per heavy atom. The quantitative estimate of drug-likeness (QED) is 0.281. The van der Waals surface area contributed by atoms with Gasteiger partial charge in [0.1, 0.15) is 23.1 Å². The Morgan fingerprint density at radius 2 is 1.80 bits per heavy atom. The summed E-state index contributed by atoms with van der Waals surface area (Å²) in [7, 11) is -2.29. The molecule has 3 heterocycles. The van der Waals surface area contributed by atoms with Crippen LogP contribution in [0.2, 0.25) is 0 Å². The lowest BCUT2D eigenvalue weighted by molar-refractivity contribution is -0.126. The molecule has 0 spiro atoms. The second-order valence-electron chi connectivity index (χ2n) is 11.4. The highest BCUT2D eigenvalue weighted by atomic mass is 32.2. The number of anilines is 2. The minimum atomic E-state index is -3.72. The zero-order valence-corrected chi connectivity index (χ0v) is 25.9. The van der Waals surface area contributed by atoms with Crippen molar-refractivity contribution in [3.8, 4) is 16.9 Å². The molecule has 6 rings (SSSR count). The van der Waals surface area contributed by atoms with Crippen molar-refractivity contribution < 1.29 is 22.0 Å². The van der Waals surface area contributed by atoms with Gasteiger partial charge in [0.05, 0.1) is 22.0 Å². The van der Waals surface area contributed by atoms with E-state index in [-0.39, 0.29) is 51.4 Å². The highest BCUT2D eigenvalue weighted by molar-refractivity contribution is 7.93. The molecule has 1 saturated heterocycles. The number of aromatic nitrogens is 3. The number of pyridine rings is 1. The maximum atomic E-state index is 15.9. The number of hydrogen-bond donors (Lipinski definition) is 0. The number of carbonyl (C=O) groups is 1. The topological polar surface area (TPSA) is 109 Å². The van der Waals surface area contributed by atoms with Crippen molar-refractivity contribution >= 4 is 38.5 Å². The van der Waals surface area contributed by atoms with Gasteiger partial charge in [0.25, 0.3) is 0 Å². The second-order valence-corrected chi connectivity index (χ2v) is 13.7. The number of para-hydroxylation sites is 1. The van der Waals surface area contributed by atoms with Gasteiger partial charge in [0, 0.05) is 38.3 Å². The molecule has 2 aliphatic rings. The first-order valence-corrected chi connectivity index (χ1v) is 16.1. The Bertz CT molecular complexity index is 2030. The maximum Gasteiger partial charge on any atom is 0.355 e. The molecule has 0 unspecified atom stereocenters. The van der Waals surface area contributed by atoms with Gasteiger partial charge in [-0.05, 0) is 62.6 Å². The van der Waals surface area contributed by atoms with Crippen LogP contribution in [0.25, 0.3) is 28.0 Å². The Morgan fingerprint density at radius 3 is 2.47 bits per heavy atom. The van der Waals surface area contributed by atoms with Gasteiger partial charge in [-0.2, -0.15) is 4.98 Å². The van der Waals surface area contributed by atoms with Crippen LogP contribution in [0.3, 0.4) is 0 Å². The summed E-state index contributed by atoms with van der Waals surface area (Å²) in [5.74, 6) is -1.60. The minimum Gasteiger partial charge on any atom is -0.350 e. The monoisotopic (exact) mass is 634 g/mol. The van der Waals surface area contributed by atoms with E-state index >= 15 is 4.39 Å². The summed E-state index contributed by atoms with van der Waals surface area (Å²) in [5.41, 5.74) is -0.219. The van der Waals surface area contributed by atoms with E-state index in [2.05, 4.69) is 16.5 Å². The number of benzene rings is 2. The molecule has 2 fully saturated rings. The average molecular weight is 635 g/mol. The van der Waals surface area contributed by atoms with Crippen molar-refractivity contribution in [2.45, 2.75) is 38.0 Å². The summed E-state index contributed by atoms with van der Waals surface area (Å²) >= 11 is 0. The van der Waals surface area contributed by atoms with Crippen LogP contribution in [0.4, 0.5) is 20.3 Å². The van der Waals surface area contributed by atoms with Gasteiger partial charge in [-0.3, -0.25) is 9.10 Å².